The van der Waals surface area contributed by atoms with Crippen molar-refractivity contribution in [1.29, 1.82) is 0 Å². The van der Waals surface area contributed by atoms with Crippen molar-refractivity contribution < 1.29 is 4.79 Å². The Hall–Kier alpha value is -1.00. The first kappa shape index (κ1) is 13.4. The van der Waals surface area contributed by atoms with E-state index in [1.54, 1.807) is 0 Å². The number of thiol groups is 1. The molecule has 4 heteroatoms. The molecule has 0 N–H and O–H groups in total. The normalized spacial score (nSPS) is 21.4. The average molecular weight is 264 g/mol. The fourth-order valence-electron chi connectivity index (χ4n) is 2.34. The predicted octanol–water partition coefficient (Wildman–Crippen LogP) is 1.60. The maximum Gasteiger partial charge on any atom is 0.244 e. The van der Waals surface area contributed by atoms with Crippen molar-refractivity contribution in [3.63, 3.8) is 0 Å². The first-order valence-corrected chi connectivity index (χ1v) is 6.91. The number of hydrogen-bond acceptors (Lipinski definition) is 3. The molecule has 98 valence electrons. The van der Waals surface area contributed by atoms with E-state index in [0.29, 0.717) is 0 Å². The van der Waals surface area contributed by atoms with Crippen molar-refractivity contribution in [3.8, 4) is 0 Å². The van der Waals surface area contributed by atoms with Gasteiger partial charge in [0.05, 0.1) is 0 Å². The lowest BCUT2D eigenvalue weighted by atomic mass is 10.00. The van der Waals surface area contributed by atoms with Crippen LogP contribution in [-0.2, 0) is 11.2 Å². The molecule has 0 aliphatic carbocycles. The van der Waals surface area contributed by atoms with Gasteiger partial charge in [-0.3, -0.25) is 9.69 Å². The largest absolute Gasteiger partial charge is 0.343 e. The standard InChI is InChI=1S/C14H20N2OS/c1-15-8-9-16(2)14(17)13(15)12-5-3-11(4-6-12)7-10-18/h3-6,13,18H,7-10H2,1-2H3. The van der Waals surface area contributed by atoms with Gasteiger partial charge in [-0.15, -0.1) is 0 Å². The molecule has 0 saturated carbocycles. The Morgan fingerprint density at radius 2 is 1.89 bits per heavy atom. The van der Waals surface area contributed by atoms with Crippen LogP contribution in [0.25, 0.3) is 0 Å². The molecule has 3 nitrogen and oxygen atoms in total. The molecule has 1 aliphatic rings. The molecule has 1 heterocycles. The Labute approximate surface area is 114 Å². The Morgan fingerprint density at radius 3 is 2.50 bits per heavy atom. The van der Waals surface area contributed by atoms with E-state index in [1.807, 2.05) is 19.0 Å². The molecule has 1 unspecified atom stereocenters. The van der Waals surface area contributed by atoms with Crippen LogP contribution in [0.15, 0.2) is 24.3 Å². The summed E-state index contributed by atoms with van der Waals surface area (Å²) in [5, 5.41) is 0. The van der Waals surface area contributed by atoms with Crippen molar-refractivity contribution in [1.82, 2.24) is 9.80 Å². The van der Waals surface area contributed by atoms with E-state index in [-0.39, 0.29) is 11.9 Å². The molecule has 1 atom stereocenters. The van der Waals surface area contributed by atoms with Gasteiger partial charge in [-0.1, -0.05) is 24.3 Å². The van der Waals surface area contributed by atoms with Crippen molar-refractivity contribution in [2.75, 3.05) is 32.9 Å². The molecule has 1 fully saturated rings. The quantitative estimate of drug-likeness (QED) is 0.838. The van der Waals surface area contributed by atoms with E-state index < -0.39 is 0 Å². The third-order valence-electron chi connectivity index (χ3n) is 3.53. The fraction of sp³-hybridized carbons (Fsp3) is 0.500. The van der Waals surface area contributed by atoms with Gasteiger partial charge in [0.1, 0.15) is 6.04 Å². The predicted molar refractivity (Wildman–Crippen MR) is 77.0 cm³/mol. The Balaban J connectivity index is 2.20. The van der Waals surface area contributed by atoms with Crippen LogP contribution in [0, 0.1) is 0 Å². The molecule has 1 aliphatic heterocycles. The third kappa shape index (κ3) is 2.70. The van der Waals surface area contributed by atoms with Crippen molar-refractivity contribution in [2.24, 2.45) is 0 Å². The lowest BCUT2D eigenvalue weighted by Crippen LogP contribution is -2.48. The van der Waals surface area contributed by atoms with Crippen LogP contribution in [0.1, 0.15) is 17.2 Å². The lowest BCUT2D eigenvalue weighted by Gasteiger charge is -2.37. The van der Waals surface area contributed by atoms with Crippen LogP contribution in [0.5, 0.6) is 0 Å². The first-order chi connectivity index (χ1) is 8.63. The maximum atomic E-state index is 12.2. The Kier molecular flexibility index (Phi) is 4.30. The Bertz CT molecular complexity index is 418. The summed E-state index contributed by atoms with van der Waals surface area (Å²) in [7, 11) is 3.88. The zero-order valence-corrected chi connectivity index (χ0v) is 11.9. The van der Waals surface area contributed by atoms with Gasteiger partial charge in [0.2, 0.25) is 5.91 Å². The number of nitrogens with zero attached hydrogens (tertiary/aromatic N) is 2. The SMILES string of the molecule is CN1CCN(C)C(c2ccc(CCS)cc2)C1=O. The minimum atomic E-state index is -0.131. The monoisotopic (exact) mass is 264 g/mol. The van der Waals surface area contributed by atoms with E-state index in [1.165, 1.54) is 5.56 Å². The zero-order chi connectivity index (χ0) is 13.1. The van der Waals surface area contributed by atoms with Crippen molar-refractivity contribution in [3.05, 3.63) is 35.4 Å². The minimum absolute atomic E-state index is 0.131. The summed E-state index contributed by atoms with van der Waals surface area (Å²) in [5.41, 5.74) is 2.35. The second-order valence-electron chi connectivity index (χ2n) is 4.86. The lowest BCUT2D eigenvalue weighted by molar-refractivity contribution is -0.139. The summed E-state index contributed by atoms with van der Waals surface area (Å²) in [6, 6.07) is 8.20. The summed E-state index contributed by atoms with van der Waals surface area (Å²) in [5.74, 6) is 1.04. The van der Waals surface area contributed by atoms with E-state index in [0.717, 1.165) is 30.8 Å². The zero-order valence-electron chi connectivity index (χ0n) is 11.0. The van der Waals surface area contributed by atoms with Crippen LogP contribution >= 0.6 is 12.6 Å². The van der Waals surface area contributed by atoms with Crippen molar-refractivity contribution in [2.45, 2.75) is 12.5 Å². The number of carbonyl (C=O) groups excluding carboxylic acids is 1. The highest BCUT2D eigenvalue weighted by Crippen LogP contribution is 2.25. The van der Waals surface area contributed by atoms with E-state index in [9.17, 15) is 4.79 Å². The second kappa shape index (κ2) is 5.76. The summed E-state index contributed by atoms with van der Waals surface area (Å²) >= 11 is 4.23. The highest BCUT2D eigenvalue weighted by Gasteiger charge is 2.31. The summed E-state index contributed by atoms with van der Waals surface area (Å²) < 4.78 is 0. The number of amides is 1. The Morgan fingerprint density at radius 1 is 1.22 bits per heavy atom. The average Bonchev–Trinajstić information content (AvgIpc) is 2.37. The summed E-state index contributed by atoms with van der Waals surface area (Å²) in [4.78, 5) is 16.2. The molecule has 18 heavy (non-hydrogen) atoms. The van der Waals surface area contributed by atoms with E-state index >= 15 is 0 Å². The van der Waals surface area contributed by atoms with Gasteiger partial charge in [-0.05, 0) is 30.3 Å². The molecule has 1 aromatic carbocycles. The molecule has 1 aromatic rings. The van der Waals surface area contributed by atoms with Crippen LogP contribution in [0.4, 0.5) is 0 Å². The maximum absolute atomic E-state index is 12.2. The smallest absolute Gasteiger partial charge is 0.244 e. The van der Waals surface area contributed by atoms with Gasteiger partial charge in [-0.2, -0.15) is 12.6 Å². The number of aryl methyl sites for hydroxylation is 1. The number of hydrogen-bond donors (Lipinski definition) is 1. The van der Waals surface area contributed by atoms with Crippen molar-refractivity contribution >= 4 is 18.5 Å². The molecule has 0 spiro atoms. The van der Waals surface area contributed by atoms with Gasteiger partial charge in [0, 0.05) is 20.1 Å². The summed E-state index contributed by atoms with van der Waals surface area (Å²) in [6.45, 7) is 1.73. The molecule has 2 rings (SSSR count). The highest BCUT2D eigenvalue weighted by molar-refractivity contribution is 7.80. The van der Waals surface area contributed by atoms with Gasteiger partial charge in [0.25, 0.3) is 0 Å². The number of piperazine rings is 1. The van der Waals surface area contributed by atoms with Gasteiger partial charge < -0.3 is 4.90 Å². The van der Waals surface area contributed by atoms with Crippen LogP contribution in [-0.4, -0.2) is 48.6 Å². The molecule has 0 bridgehead atoms. The summed E-state index contributed by atoms with van der Waals surface area (Å²) in [6.07, 6.45) is 0.970. The number of likely N-dealkylation sites (N-methyl/N-ethyl adjacent to an activating group) is 2. The molecule has 0 aromatic heterocycles. The number of rotatable bonds is 3. The van der Waals surface area contributed by atoms with Crippen LogP contribution in [0.3, 0.4) is 0 Å². The van der Waals surface area contributed by atoms with Gasteiger partial charge in [0.15, 0.2) is 0 Å². The van der Waals surface area contributed by atoms with Gasteiger partial charge in [-0.25, -0.2) is 0 Å². The number of benzene rings is 1. The molecule has 1 amide bonds. The van der Waals surface area contributed by atoms with Crippen LogP contribution < -0.4 is 0 Å². The molecular formula is C14H20N2OS. The van der Waals surface area contributed by atoms with Crippen LogP contribution in [0.2, 0.25) is 0 Å². The molecular weight excluding hydrogens is 244 g/mol. The van der Waals surface area contributed by atoms with E-state index in [2.05, 4.69) is 41.8 Å². The molecule has 1 saturated heterocycles. The topological polar surface area (TPSA) is 23.6 Å². The third-order valence-corrected chi connectivity index (χ3v) is 3.76. The fourth-order valence-corrected chi connectivity index (χ4v) is 2.60. The van der Waals surface area contributed by atoms with E-state index in [4.69, 9.17) is 0 Å². The highest BCUT2D eigenvalue weighted by atomic mass is 32.1. The minimum Gasteiger partial charge on any atom is -0.343 e. The number of carbonyl (C=O) groups is 1. The first-order valence-electron chi connectivity index (χ1n) is 6.28. The van der Waals surface area contributed by atoms with Gasteiger partial charge >= 0.3 is 0 Å². The second-order valence-corrected chi connectivity index (χ2v) is 5.31. The molecule has 0 radical (unpaired) electrons.